The molecule has 1 N–H and O–H groups in total. The fraction of sp³-hybridized carbons (Fsp3) is 0.133. The predicted molar refractivity (Wildman–Crippen MR) is 139 cm³/mol. The van der Waals surface area contributed by atoms with Crippen molar-refractivity contribution in [1.29, 1.82) is 0 Å². The Morgan fingerprint density at radius 1 is 0.771 bits per heavy atom. The monoisotopic (exact) mass is 464 g/mol. The third-order valence-electron chi connectivity index (χ3n) is 5.67. The first-order valence-electron chi connectivity index (χ1n) is 11.5. The van der Waals surface area contributed by atoms with Gasteiger partial charge in [0.25, 0.3) is 11.8 Å². The molecule has 4 aromatic carbocycles. The number of hydrogen-bond acceptors (Lipinski definition) is 3. The van der Waals surface area contributed by atoms with E-state index in [1.807, 2.05) is 84.9 Å². The maximum atomic E-state index is 13.1. The number of ether oxygens (including phenoxy) is 1. The second-order valence-electron chi connectivity index (χ2n) is 8.33. The minimum absolute atomic E-state index is 0.171. The molecule has 1 unspecified atom stereocenters. The lowest BCUT2D eigenvalue weighted by Crippen LogP contribution is -2.32. The number of rotatable bonds is 8. The molecule has 0 fully saturated rings. The van der Waals surface area contributed by atoms with Crippen molar-refractivity contribution in [3.8, 4) is 16.9 Å². The molecule has 0 aliphatic carbocycles. The molecule has 176 valence electrons. The molecule has 2 amide bonds. The first kappa shape index (κ1) is 23.8. The predicted octanol–water partition coefficient (Wildman–Crippen LogP) is 6.03. The Bertz CT molecular complexity index is 1270. The average molecular weight is 465 g/mol. The van der Waals surface area contributed by atoms with E-state index in [9.17, 15) is 9.59 Å². The molecule has 35 heavy (non-hydrogen) atoms. The van der Waals surface area contributed by atoms with E-state index in [-0.39, 0.29) is 11.8 Å². The summed E-state index contributed by atoms with van der Waals surface area (Å²) >= 11 is 0. The molecule has 0 aliphatic rings. The summed E-state index contributed by atoms with van der Waals surface area (Å²) in [6.07, 6.45) is -0.747. The van der Waals surface area contributed by atoms with Crippen molar-refractivity contribution in [2.24, 2.45) is 0 Å². The molecule has 4 rings (SSSR count). The van der Waals surface area contributed by atoms with Crippen LogP contribution in [0.25, 0.3) is 11.1 Å². The lowest BCUT2D eigenvalue weighted by Gasteiger charge is -2.20. The quantitative estimate of drug-likeness (QED) is 0.346. The van der Waals surface area contributed by atoms with E-state index in [0.29, 0.717) is 23.5 Å². The van der Waals surface area contributed by atoms with Crippen molar-refractivity contribution >= 4 is 17.5 Å². The van der Waals surface area contributed by atoms with Gasteiger partial charge in [-0.15, -0.1) is 0 Å². The first-order valence-corrected chi connectivity index (χ1v) is 11.5. The molecule has 0 saturated heterocycles. The molecule has 0 bridgehead atoms. The maximum absolute atomic E-state index is 13.1. The van der Waals surface area contributed by atoms with Crippen molar-refractivity contribution in [2.45, 2.75) is 19.6 Å². The Labute approximate surface area is 206 Å². The van der Waals surface area contributed by atoms with E-state index in [4.69, 9.17) is 4.74 Å². The van der Waals surface area contributed by atoms with Crippen LogP contribution in [0.5, 0.6) is 5.75 Å². The fourth-order valence-corrected chi connectivity index (χ4v) is 3.76. The molecule has 4 aromatic rings. The highest BCUT2D eigenvalue weighted by Gasteiger charge is 2.20. The highest BCUT2D eigenvalue weighted by atomic mass is 16.5. The van der Waals surface area contributed by atoms with Crippen LogP contribution in [0, 0.1) is 0 Å². The van der Waals surface area contributed by atoms with Gasteiger partial charge in [-0.1, -0.05) is 84.9 Å². The van der Waals surface area contributed by atoms with Crippen molar-refractivity contribution in [3.05, 3.63) is 120 Å². The normalized spacial score (nSPS) is 11.4. The van der Waals surface area contributed by atoms with Crippen LogP contribution in [0.2, 0.25) is 0 Å². The average Bonchev–Trinajstić information content (AvgIpc) is 2.90. The molecule has 0 heterocycles. The van der Waals surface area contributed by atoms with E-state index in [1.54, 1.807) is 43.1 Å². The summed E-state index contributed by atoms with van der Waals surface area (Å²) in [5.74, 6) is 0.0946. The summed E-state index contributed by atoms with van der Waals surface area (Å²) in [5, 5.41) is 2.86. The summed E-state index contributed by atoms with van der Waals surface area (Å²) in [7, 11) is 1.75. The Morgan fingerprint density at radius 2 is 1.34 bits per heavy atom. The van der Waals surface area contributed by atoms with Gasteiger partial charge in [-0.05, 0) is 47.9 Å². The number of carbonyl (C=O) groups excluding carboxylic acids is 2. The minimum atomic E-state index is -0.747. The zero-order valence-corrected chi connectivity index (χ0v) is 19.8. The first-order chi connectivity index (χ1) is 17.0. The zero-order chi connectivity index (χ0) is 24.6. The van der Waals surface area contributed by atoms with Crippen LogP contribution < -0.4 is 10.1 Å². The highest BCUT2D eigenvalue weighted by molar-refractivity contribution is 6.04. The van der Waals surface area contributed by atoms with Gasteiger partial charge in [0.15, 0.2) is 6.10 Å². The largest absolute Gasteiger partial charge is 0.481 e. The van der Waals surface area contributed by atoms with E-state index in [2.05, 4.69) is 5.32 Å². The fourth-order valence-electron chi connectivity index (χ4n) is 3.76. The lowest BCUT2D eigenvalue weighted by molar-refractivity contribution is -0.122. The van der Waals surface area contributed by atoms with Gasteiger partial charge in [0.1, 0.15) is 5.75 Å². The smallest absolute Gasteiger partial charge is 0.265 e. The number of hydrogen-bond donors (Lipinski definition) is 1. The van der Waals surface area contributed by atoms with Crippen molar-refractivity contribution in [3.63, 3.8) is 0 Å². The Balaban J connectivity index is 1.40. The van der Waals surface area contributed by atoms with Gasteiger partial charge in [0.2, 0.25) is 0 Å². The molecule has 0 aromatic heterocycles. The molecule has 0 radical (unpaired) electrons. The number of para-hydroxylation sites is 1. The van der Waals surface area contributed by atoms with E-state index >= 15 is 0 Å². The third kappa shape index (κ3) is 6.15. The molecule has 1 atom stereocenters. The Morgan fingerprint density at radius 3 is 2.03 bits per heavy atom. The van der Waals surface area contributed by atoms with Crippen LogP contribution in [0.1, 0.15) is 22.8 Å². The van der Waals surface area contributed by atoms with Gasteiger partial charge >= 0.3 is 0 Å². The van der Waals surface area contributed by atoms with Gasteiger partial charge in [0, 0.05) is 13.6 Å². The van der Waals surface area contributed by atoms with Gasteiger partial charge in [-0.2, -0.15) is 0 Å². The maximum Gasteiger partial charge on any atom is 0.265 e. The van der Waals surface area contributed by atoms with E-state index < -0.39 is 6.10 Å². The van der Waals surface area contributed by atoms with Crippen molar-refractivity contribution in [2.75, 3.05) is 12.4 Å². The SMILES string of the molecule is CC(Oc1ccc(-c2ccccc2)cc1)C(=O)Nc1ccccc1C(=O)N(C)Cc1ccccc1. The van der Waals surface area contributed by atoms with E-state index in [1.165, 1.54) is 0 Å². The Kier molecular flexibility index (Phi) is 7.58. The van der Waals surface area contributed by atoms with Crippen LogP contribution in [0.4, 0.5) is 5.69 Å². The van der Waals surface area contributed by atoms with Gasteiger partial charge in [-0.3, -0.25) is 9.59 Å². The summed E-state index contributed by atoms with van der Waals surface area (Å²) < 4.78 is 5.86. The molecule has 5 nitrogen and oxygen atoms in total. The molecule has 0 saturated carbocycles. The van der Waals surface area contributed by atoms with Crippen LogP contribution in [-0.4, -0.2) is 29.9 Å². The molecule has 0 aliphatic heterocycles. The topological polar surface area (TPSA) is 58.6 Å². The number of benzene rings is 4. The Hall–Kier alpha value is -4.38. The summed E-state index contributed by atoms with van der Waals surface area (Å²) in [6.45, 7) is 2.16. The number of anilines is 1. The van der Waals surface area contributed by atoms with Crippen LogP contribution in [0.3, 0.4) is 0 Å². The summed E-state index contributed by atoms with van der Waals surface area (Å²) in [5.41, 5.74) is 4.10. The van der Waals surface area contributed by atoms with Crippen LogP contribution >= 0.6 is 0 Å². The molecule has 0 spiro atoms. The van der Waals surface area contributed by atoms with Gasteiger partial charge in [0.05, 0.1) is 11.3 Å². The highest BCUT2D eigenvalue weighted by Crippen LogP contribution is 2.23. The standard InChI is InChI=1S/C30H28N2O3/c1-22(35-26-19-17-25(18-20-26)24-13-7-4-8-14-24)29(33)31-28-16-10-9-15-27(28)30(34)32(2)21-23-11-5-3-6-12-23/h3-20,22H,21H2,1-2H3,(H,31,33). The van der Waals surface area contributed by atoms with Crippen LogP contribution in [-0.2, 0) is 11.3 Å². The summed E-state index contributed by atoms with van der Waals surface area (Å²) in [4.78, 5) is 27.6. The van der Waals surface area contributed by atoms with Gasteiger partial charge in [-0.25, -0.2) is 0 Å². The number of nitrogens with zero attached hydrogens (tertiary/aromatic N) is 1. The molecular weight excluding hydrogens is 436 g/mol. The number of nitrogens with one attached hydrogen (secondary N) is 1. The van der Waals surface area contributed by atoms with Crippen LogP contribution in [0.15, 0.2) is 109 Å². The third-order valence-corrected chi connectivity index (χ3v) is 5.67. The van der Waals surface area contributed by atoms with E-state index in [0.717, 1.165) is 16.7 Å². The van der Waals surface area contributed by atoms with Gasteiger partial charge < -0.3 is 15.0 Å². The number of carbonyl (C=O) groups is 2. The van der Waals surface area contributed by atoms with Crippen molar-refractivity contribution < 1.29 is 14.3 Å². The second kappa shape index (κ2) is 11.2. The number of amides is 2. The van der Waals surface area contributed by atoms with Crippen molar-refractivity contribution in [1.82, 2.24) is 4.90 Å². The molecule has 5 heteroatoms. The summed E-state index contributed by atoms with van der Waals surface area (Å²) in [6, 6.07) is 34.5. The zero-order valence-electron chi connectivity index (χ0n) is 19.8. The molecular formula is C30H28N2O3. The lowest BCUT2D eigenvalue weighted by atomic mass is 10.1. The minimum Gasteiger partial charge on any atom is -0.481 e. The second-order valence-corrected chi connectivity index (χ2v) is 8.33.